The molecule has 0 saturated carbocycles. The third kappa shape index (κ3) is 2.38. The molecule has 3 heteroatoms. The molecule has 1 aromatic carbocycles. The van der Waals surface area contributed by atoms with Crippen LogP contribution in [0.2, 0.25) is 0 Å². The van der Waals surface area contributed by atoms with Crippen LogP contribution in [0.1, 0.15) is 37.5 Å². The highest BCUT2D eigenvalue weighted by Gasteiger charge is 2.33. The van der Waals surface area contributed by atoms with Gasteiger partial charge in [0.2, 0.25) is 0 Å². The van der Waals surface area contributed by atoms with Crippen LogP contribution in [0.5, 0.6) is 0 Å². The standard InChI is InChI=1S/C13H15F2N/c1-9-5-6-10(12(2,3)4)7-11(9)13(14,15)8-16/h5-7H,1-4H3. The van der Waals surface area contributed by atoms with Crippen molar-refractivity contribution in [3.8, 4) is 6.07 Å². The van der Waals surface area contributed by atoms with Gasteiger partial charge < -0.3 is 0 Å². The van der Waals surface area contributed by atoms with E-state index in [1.165, 1.54) is 6.07 Å². The zero-order chi connectivity index (χ0) is 12.6. The lowest BCUT2D eigenvalue weighted by atomic mass is 9.84. The first-order chi connectivity index (χ1) is 7.18. The zero-order valence-corrected chi connectivity index (χ0v) is 9.94. The highest BCUT2D eigenvalue weighted by molar-refractivity contribution is 5.39. The van der Waals surface area contributed by atoms with E-state index < -0.39 is 5.92 Å². The summed E-state index contributed by atoms with van der Waals surface area (Å²) in [6.07, 6.45) is 0. The van der Waals surface area contributed by atoms with E-state index in [9.17, 15) is 8.78 Å². The molecule has 1 nitrogen and oxygen atoms in total. The third-order valence-electron chi connectivity index (χ3n) is 2.58. The molecule has 1 aromatic rings. The smallest absolute Gasteiger partial charge is 0.191 e. The van der Waals surface area contributed by atoms with Gasteiger partial charge in [-0.1, -0.05) is 32.9 Å². The fraction of sp³-hybridized carbons (Fsp3) is 0.462. The van der Waals surface area contributed by atoms with E-state index in [4.69, 9.17) is 5.26 Å². The summed E-state index contributed by atoms with van der Waals surface area (Å²) >= 11 is 0. The van der Waals surface area contributed by atoms with Crippen molar-refractivity contribution < 1.29 is 8.78 Å². The van der Waals surface area contributed by atoms with Gasteiger partial charge in [0.1, 0.15) is 6.07 Å². The Kier molecular flexibility index (Phi) is 3.05. The maximum Gasteiger partial charge on any atom is 0.357 e. The van der Waals surface area contributed by atoms with Crippen LogP contribution in [0.4, 0.5) is 8.78 Å². The molecule has 0 bridgehead atoms. The van der Waals surface area contributed by atoms with Gasteiger partial charge in [0, 0.05) is 5.56 Å². The van der Waals surface area contributed by atoms with E-state index in [0.29, 0.717) is 5.56 Å². The average molecular weight is 223 g/mol. The maximum absolute atomic E-state index is 13.4. The van der Waals surface area contributed by atoms with E-state index in [0.717, 1.165) is 11.6 Å². The van der Waals surface area contributed by atoms with Crippen molar-refractivity contribution in [1.82, 2.24) is 0 Å². The number of hydrogen-bond acceptors (Lipinski definition) is 1. The lowest BCUT2D eigenvalue weighted by Gasteiger charge is -2.21. The molecule has 0 aliphatic heterocycles. The summed E-state index contributed by atoms with van der Waals surface area (Å²) in [5, 5.41) is 8.47. The molecule has 1 rings (SSSR count). The van der Waals surface area contributed by atoms with Crippen LogP contribution in [0.3, 0.4) is 0 Å². The Morgan fingerprint density at radius 3 is 2.19 bits per heavy atom. The first-order valence-electron chi connectivity index (χ1n) is 5.09. The van der Waals surface area contributed by atoms with Gasteiger partial charge in [0.05, 0.1) is 0 Å². The van der Waals surface area contributed by atoms with Crippen molar-refractivity contribution >= 4 is 0 Å². The summed E-state index contributed by atoms with van der Waals surface area (Å²) in [7, 11) is 0. The largest absolute Gasteiger partial charge is 0.357 e. The molecule has 0 fully saturated rings. The van der Waals surface area contributed by atoms with Gasteiger partial charge in [-0.25, -0.2) is 0 Å². The molecule has 0 amide bonds. The number of hydrogen-bond donors (Lipinski definition) is 0. The highest BCUT2D eigenvalue weighted by atomic mass is 19.3. The molecule has 0 spiro atoms. The molecular formula is C13H15F2N. The first-order valence-corrected chi connectivity index (χ1v) is 5.09. The normalized spacial score (nSPS) is 12.3. The molecule has 0 aliphatic carbocycles. The first kappa shape index (κ1) is 12.6. The van der Waals surface area contributed by atoms with E-state index in [1.54, 1.807) is 13.0 Å². The minimum atomic E-state index is -3.41. The quantitative estimate of drug-likeness (QED) is 0.708. The van der Waals surface area contributed by atoms with Crippen molar-refractivity contribution in [2.75, 3.05) is 0 Å². The Morgan fingerprint density at radius 2 is 1.75 bits per heavy atom. The fourth-order valence-corrected chi connectivity index (χ4v) is 1.49. The van der Waals surface area contributed by atoms with Gasteiger partial charge in [-0.2, -0.15) is 14.0 Å². The van der Waals surface area contributed by atoms with Gasteiger partial charge in [0.25, 0.3) is 0 Å². The number of nitriles is 1. The van der Waals surface area contributed by atoms with Gasteiger partial charge in [-0.3, -0.25) is 0 Å². The topological polar surface area (TPSA) is 23.8 Å². The molecule has 0 radical (unpaired) electrons. The molecular weight excluding hydrogens is 208 g/mol. The lowest BCUT2D eigenvalue weighted by molar-refractivity contribution is 0.0604. The second-order valence-corrected chi connectivity index (χ2v) is 4.97. The fourth-order valence-electron chi connectivity index (χ4n) is 1.49. The number of alkyl halides is 2. The van der Waals surface area contributed by atoms with Crippen molar-refractivity contribution in [2.24, 2.45) is 0 Å². The summed E-state index contributed by atoms with van der Waals surface area (Å²) in [6, 6.07) is 5.94. The van der Waals surface area contributed by atoms with Crippen LogP contribution in [0, 0.1) is 18.3 Å². The Labute approximate surface area is 94.7 Å². The van der Waals surface area contributed by atoms with Crippen LogP contribution in [0.25, 0.3) is 0 Å². The Balaban J connectivity index is 3.37. The number of aryl methyl sites for hydroxylation is 1. The number of benzene rings is 1. The summed E-state index contributed by atoms with van der Waals surface area (Å²) < 4.78 is 26.7. The molecule has 0 heterocycles. The molecule has 0 N–H and O–H groups in total. The van der Waals surface area contributed by atoms with Crippen LogP contribution >= 0.6 is 0 Å². The second kappa shape index (κ2) is 3.86. The Hall–Kier alpha value is -1.43. The molecule has 0 atom stereocenters. The molecule has 16 heavy (non-hydrogen) atoms. The van der Waals surface area contributed by atoms with E-state index >= 15 is 0 Å². The predicted octanol–water partition coefficient (Wildman–Crippen LogP) is 3.91. The number of rotatable bonds is 1. The summed E-state index contributed by atoms with van der Waals surface area (Å²) in [5.74, 6) is -3.41. The van der Waals surface area contributed by atoms with Gasteiger partial charge in [-0.05, 0) is 29.5 Å². The summed E-state index contributed by atoms with van der Waals surface area (Å²) in [6.45, 7) is 7.44. The number of nitrogens with zero attached hydrogens (tertiary/aromatic N) is 1. The molecule has 0 aliphatic rings. The van der Waals surface area contributed by atoms with Crippen LogP contribution in [-0.2, 0) is 11.3 Å². The minimum absolute atomic E-state index is 0.192. The van der Waals surface area contributed by atoms with Crippen molar-refractivity contribution in [3.63, 3.8) is 0 Å². The predicted molar refractivity (Wildman–Crippen MR) is 59.4 cm³/mol. The van der Waals surface area contributed by atoms with Crippen LogP contribution < -0.4 is 0 Å². The van der Waals surface area contributed by atoms with Gasteiger partial charge in [-0.15, -0.1) is 0 Å². The van der Waals surface area contributed by atoms with Gasteiger partial charge in [0.15, 0.2) is 0 Å². The number of halogens is 2. The molecule has 0 saturated heterocycles. The zero-order valence-electron chi connectivity index (χ0n) is 9.94. The van der Waals surface area contributed by atoms with Crippen molar-refractivity contribution in [1.29, 1.82) is 5.26 Å². The molecule has 0 unspecified atom stereocenters. The lowest BCUT2D eigenvalue weighted by Crippen LogP contribution is -2.16. The second-order valence-electron chi connectivity index (χ2n) is 4.97. The Morgan fingerprint density at radius 1 is 1.19 bits per heavy atom. The van der Waals surface area contributed by atoms with Gasteiger partial charge >= 0.3 is 5.92 Å². The minimum Gasteiger partial charge on any atom is -0.191 e. The van der Waals surface area contributed by atoms with E-state index in [2.05, 4.69) is 0 Å². The van der Waals surface area contributed by atoms with Crippen LogP contribution in [0.15, 0.2) is 18.2 Å². The third-order valence-corrected chi connectivity index (χ3v) is 2.58. The SMILES string of the molecule is Cc1ccc(C(C)(C)C)cc1C(F)(F)C#N. The summed E-state index contributed by atoms with van der Waals surface area (Å²) in [5.41, 5.74) is 0.860. The molecule has 86 valence electrons. The van der Waals surface area contributed by atoms with Crippen molar-refractivity contribution in [2.45, 2.75) is 39.0 Å². The highest BCUT2D eigenvalue weighted by Crippen LogP contribution is 2.33. The van der Waals surface area contributed by atoms with E-state index in [1.807, 2.05) is 26.8 Å². The summed E-state index contributed by atoms with van der Waals surface area (Å²) in [4.78, 5) is 0. The average Bonchev–Trinajstić information content (AvgIpc) is 2.16. The van der Waals surface area contributed by atoms with E-state index in [-0.39, 0.29) is 11.0 Å². The maximum atomic E-state index is 13.4. The van der Waals surface area contributed by atoms with Crippen LogP contribution in [-0.4, -0.2) is 0 Å². The Bertz CT molecular complexity index is 436. The monoisotopic (exact) mass is 223 g/mol. The van der Waals surface area contributed by atoms with Crippen molar-refractivity contribution in [3.05, 3.63) is 34.9 Å². The molecule has 0 aromatic heterocycles.